The summed E-state index contributed by atoms with van der Waals surface area (Å²) in [6.07, 6.45) is 0.508. The van der Waals surface area contributed by atoms with Crippen LogP contribution >= 0.6 is 0 Å². The van der Waals surface area contributed by atoms with Gasteiger partial charge in [0.25, 0.3) is 0 Å². The Hall–Kier alpha value is -1.80. The van der Waals surface area contributed by atoms with Crippen molar-refractivity contribution in [1.82, 2.24) is 10.2 Å². The molecule has 2 aliphatic heterocycles. The lowest BCUT2D eigenvalue weighted by Crippen LogP contribution is -2.44. The minimum Gasteiger partial charge on any atom is -0.376 e. The van der Waals surface area contributed by atoms with Gasteiger partial charge in [0.05, 0.1) is 18.1 Å². The smallest absolute Gasteiger partial charge is 0.239 e. The van der Waals surface area contributed by atoms with Crippen molar-refractivity contribution in [3.63, 3.8) is 0 Å². The van der Waals surface area contributed by atoms with E-state index in [9.17, 15) is 13.2 Å². The molecule has 8 heteroatoms. The van der Waals surface area contributed by atoms with Crippen molar-refractivity contribution in [2.75, 3.05) is 61.5 Å². The fourth-order valence-electron chi connectivity index (χ4n) is 3.22. The summed E-state index contributed by atoms with van der Waals surface area (Å²) >= 11 is 0. The van der Waals surface area contributed by atoms with Gasteiger partial charge in [-0.15, -0.1) is 0 Å². The Kier molecular flexibility index (Phi) is 5.48. The van der Waals surface area contributed by atoms with E-state index in [1.54, 1.807) is 0 Å². The minimum absolute atomic E-state index is 0.0540. The summed E-state index contributed by atoms with van der Waals surface area (Å²) in [7, 11) is -0.835. The fraction of sp³-hybridized carbons (Fsp3) is 0.588. The van der Waals surface area contributed by atoms with Crippen LogP contribution in [0.2, 0.25) is 0 Å². The molecule has 7 nitrogen and oxygen atoms in total. The Bertz CT molecular complexity index is 697. The molecular formula is C17H26N4O3S. The van der Waals surface area contributed by atoms with E-state index in [0.29, 0.717) is 6.42 Å². The summed E-state index contributed by atoms with van der Waals surface area (Å²) in [6, 6.07) is 7.82. The molecule has 1 atom stereocenters. The highest BCUT2D eigenvalue weighted by Gasteiger charge is 2.28. The van der Waals surface area contributed by atoms with E-state index in [1.165, 1.54) is 5.69 Å². The summed E-state index contributed by atoms with van der Waals surface area (Å²) in [6.45, 7) is 4.32. The first-order chi connectivity index (χ1) is 11.9. The van der Waals surface area contributed by atoms with Gasteiger partial charge < -0.3 is 20.4 Å². The van der Waals surface area contributed by atoms with Crippen LogP contribution in [0.5, 0.6) is 0 Å². The van der Waals surface area contributed by atoms with Crippen LogP contribution in [0, 0.1) is 0 Å². The number of carbonyl (C=O) groups excluding carboxylic acids is 1. The Morgan fingerprint density at radius 1 is 1.16 bits per heavy atom. The van der Waals surface area contributed by atoms with Crippen molar-refractivity contribution in [3.05, 3.63) is 24.3 Å². The third-order valence-electron chi connectivity index (χ3n) is 4.79. The number of hydrogen-bond acceptors (Lipinski definition) is 6. The molecule has 2 fully saturated rings. The molecule has 0 aliphatic carbocycles. The first-order valence-corrected chi connectivity index (χ1v) is 10.5. The zero-order valence-corrected chi connectivity index (χ0v) is 15.4. The number of amides is 1. The third-order valence-corrected chi connectivity index (χ3v) is 6.55. The normalized spacial score (nSPS) is 23.4. The number of piperazine rings is 1. The molecule has 0 radical (unpaired) electrons. The second-order valence-electron chi connectivity index (χ2n) is 6.86. The van der Waals surface area contributed by atoms with Crippen molar-refractivity contribution in [2.24, 2.45) is 0 Å². The van der Waals surface area contributed by atoms with Gasteiger partial charge in [0, 0.05) is 43.6 Å². The zero-order chi connectivity index (χ0) is 17.9. The van der Waals surface area contributed by atoms with E-state index >= 15 is 0 Å². The largest absolute Gasteiger partial charge is 0.376 e. The number of rotatable bonds is 5. The molecule has 2 saturated heterocycles. The maximum atomic E-state index is 11.9. The molecule has 1 aromatic rings. The average molecular weight is 366 g/mol. The number of carbonyl (C=O) groups is 1. The molecule has 0 aromatic heterocycles. The van der Waals surface area contributed by atoms with Gasteiger partial charge in [-0.3, -0.25) is 4.79 Å². The van der Waals surface area contributed by atoms with Crippen LogP contribution in [0.15, 0.2) is 24.3 Å². The van der Waals surface area contributed by atoms with Crippen LogP contribution in [0.1, 0.15) is 6.42 Å². The number of nitrogens with one attached hydrogen (secondary N) is 2. The topological polar surface area (TPSA) is 81.8 Å². The van der Waals surface area contributed by atoms with E-state index in [-0.39, 0.29) is 30.0 Å². The summed E-state index contributed by atoms with van der Waals surface area (Å²) in [4.78, 5) is 16.6. The molecular weight excluding hydrogens is 340 g/mol. The number of hydrogen-bond donors (Lipinski definition) is 2. The molecule has 1 unspecified atom stereocenters. The minimum atomic E-state index is -2.97. The number of sulfone groups is 1. The van der Waals surface area contributed by atoms with Crippen LogP contribution < -0.4 is 15.5 Å². The first-order valence-electron chi connectivity index (χ1n) is 8.68. The lowest BCUT2D eigenvalue weighted by molar-refractivity contribution is -0.119. The fourth-order valence-corrected chi connectivity index (χ4v) is 4.90. The van der Waals surface area contributed by atoms with Crippen molar-refractivity contribution >= 4 is 27.1 Å². The van der Waals surface area contributed by atoms with E-state index in [4.69, 9.17) is 0 Å². The maximum Gasteiger partial charge on any atom is 0.239 e. The van der Waals surface area contributed by atoms with Crippen molar-refractivity contribution in [1.29, 1.82) is 0 Å². The molecule has 2 heterocycles. The van der Waals surface area contributed by atoms with Gasteiger partial charge in [-0.2, -0.15) is 0 Å². The lowest BCUT2D eigenvalue weighted by atomic mass is 10.2. The van der Waals surface area contributed by atoms with Gasteiger partial charge in [0.2, 0.25) is 5.91 Å². The highest BCUT2D eigenvalue weighted by Crippen LogP contribution is 2.19. The number of nitrogens with zero attached hydrogens (tertiary/aromatic N) is 2. The number of likely N-dealkylation sites (N-methyl/N-ethyl adjacent to an activating group) is 1. The van der Waals surface area contributed by atoms with Gasteiger partial charge in [-0.1, -0.05) is 0 Å². The molecule has 0 bridgehead atoms. The molecule has 138 valence electrons. The highest BCUT2D eigenvalue weighted by atomic mass is 32.2. The summed E-state index contributed by atoms with van der Waals surface area (Å²) < 4.78 is 22.8. The van der Waals surface area contributed by atoms with Crippen molar-refractivity contribution in [2.45, 2.75) is 12.5 Å². The Balaban J connectivity index is 1.45. The molecule has 1 aromatic carbocycles. The second-order valence-corrected chi connectivity index (χ2v) is 9.09. The van der Waals surface area contributed by atoms with Crippen LogP contribution in [0.4, 0.5) is 11.4 Å². The maximum absolute atomic E-state index is 11.9. The number of anilines is 2. The quantitative estimate of drug-likeness (QED) is 0.772. The lowest BCUT2D eigenvalue weighted by Gasteiger charge is -2.34. The molecule has 1 amide bonds. The second kappa shape index (κ2) is 7.61. The molecule has 25 heavy (non-hydrogen) atoms. The molecule has 2 aliphatic rings. The van der Waals surface area contributed by atoms with E-state index in [0.717, 1.165) is 31.9 Å². The third kappa shape index (κ3) is 5.09. The molecule has 0 spiro atoms. The summed E-state index contributed by atoms with van der Waals surface area (Å²) in [5.74, 6) is 0.0441. The SMILES string of the molecule is CN1CCN(c2ccc(NCC(=O)NC3CCS(=O)(=O)C3)cc2)CC1. The predicted molar refractivity (Wildman–Crippen MR) is 99.8 cm³/mol. The van der Waals surface area contributed by atoms with Crippen LogP contribution in [-0.2, 0) is 14.6 Å². The molecule has 0 saturated carbocycles. The monoisotopic (exact) mass is 366 g/mol. The predicted octanol–water partition coefficient (Wildman–Crippen LogP) is 0.154. The van der Waals surface area contributed by atoms with Crippen molar-refractivity contribution < 1.29 is 13.2 Å². The van der Waals surface area contributed by atoms with Gasteiger partial charge in [-0.25, -0.2) is 8.42 Å². The highest BCUT2D eigenvalue weighted by molar-refractivity contribution is 7.91. The first kappa shape index (κ1) is 18.0. The standard InChI is InChI=1S/C17H26N4O3S/c1-20-7-9-21(10-8-20)16-4-2-14(3-5-16)18-12-17(22)19-15-6-11-25(23,24)13-15/h2-5,15,18H,6-13H2,1H3,(H,19,22). The molecule has 3 rings (SSSR count). The van der Waals surface area contributed by atoms with Gasteiger partial charge >= 0.3 is 0 Å². The average Bonchev–Trinajstić information content (AvgIpc) is 2.93. The summed E-state index contributed by atoms with van der Waals surface area (Å²) in [5, 5.41) is 5.87. The Labute approximate surface area is 149 Å². The molecule has 2 N–H and O–H groups in total. The Morgan fingerprint density at radius 2 is 1.84 bits per heavy atom. The van der Waals surface area contributed by atoms with E-state index in [1.807, 2.05) is 12.1 Å². The van der Waals surface area contributed by atoms with E-state index < -0.39 is 9.84 Å². The van der Waals surface area contributed by atoms with Crippen LogP contribution in [-0.4, -0.2) is 76.5 Å². The zero-order valence-electron chi connectivity index (χ0n) is 14.6. The van der Waals surface area contributed by atoms with Crippen LogP contribution in [0.3, 0.4) is 0 Å². The van der Waals surface area contributed by atoms with E-state index in [2.05, 4.69) is 39.6 Å². The van der Waals surface area contributed by atoms with Crippen LogP contribution in [0.25, 0.3) is 0 Å². The van der Waals surface area contributed by atoms with Gasteiger partial charge in [-0.05, 0) is 37.7 Å². The van der Waals surface area contributed by atoms with Crippen molar-refractivity contribution in [3.8, 4) is 0 Å². The number of benzene rings is 1. The summed E-state index contributed by atoms with van der Waals surface area (Å²) in [5.41, 5.74) is 2.08. The van der Waals surface area contributed by atoms with Gasteiger partial charge in [0.15, 0.2) is 9.84 Å². The Morgan fingerprint density at radius 3 is 2.44 bits per heavy atom. The van der Waals surface area contributed by atoms with Gasteiger partial charge in [0.1, 0.15) is 0 Å².